The molecule has 5 rings (SSSR count). The molecule has 0 radical (unpaired) electrons. The Kier molecular flexibility index (Phi) is 3.52. The van der Waals surface area contributed by atoms with Gasteiger partial charge in [0.2, 0.25) is 0 Å². The highest BCUT2D eigenvalue weighted by Crippen LogP contribution is 2.24. The summed E-state index contributed by atoms with van der Waals surface area (Å²) in [5.41, 5.74) is 7.75. The van der Waals surface area contributed by atoms with Gasteiger partial charge in [-0.2, -0.15) is 0 Å². The monoisotopic (exact) mass is 346 g/mol. The Hall–Kier alpha value is -2.66. The zero-order valence-corrected chi connectivity index (χ0v) is 14.6. The van der Waals surface area contributed by atoms with Crippen LogP contribution in [0.1, 0.15) is 12.0 Å². The molecule has 25 heavy (non-hydrogen) atoms. The number of hydrogen-bond donors (Lipinski definition) is 0. The number of benzene rings is 2. The SMILES string of the molecule is C1=CCN(c2ccc3c(c2)ncn3Cc2ccc3ncsc3c2)CC1. The number of hydrogen-bond acceptors (Lipinski definition) is 4. The van der Waals surface area contributed by atoms with Crippen LogP contribution in [0.5, 0.6) is 0 Å². The first kappa shape index (κ1) is 14.7. The molecule has 2 aromatic carbocycles. The Balaban J connectivity index is 1.46. The third-order valence-corrected chi connectivity index (χ3v) is 5.57. The predicted octanol–water partition coefficient (Wildman–Crippen LogP) is 4.46. The molecule has 0 unspecified atom stereocenters. The molecule has 4 nitrogen and oxygen atoms in total. The Morgan fingerprint density at radius 3 is 2.92 bits per heavy atom. The molecular formula is C20H18N4S. The van der Waals surface area contributed by atoms with E-state index in [4.69, 9.17) is 0 Å². The van der Waals surface area contributed by atoms with Crippen molar-refractivity contribution in [3.8, 4) is 0 Å². The van der Waals surface area contributed by atoms with Crippen LogP contribution in [-0.4, -0.2) is 27.6 Å². The normalized spacial score (nSPS) is 14.6. The maximum atomic E-state index is 4.63. The zero-order chi connectivity index (χ0) is 16.6. The standard InChI is InChI=1S/C20H18N4S/c1-2-8-23(9-3-1)16-5-7-19-18(11-16)21-13-24(19)12-15-4-6-17-20(10-15)25-14-22-17/h1-2,4-7,10-11,13-14H,3,8-9,12H2. The Bertz CT molecular complexity index is 1080. The van der Waals surface area contributed by atoms with Gasteiger partial charge in [-0.25, -0.2) is 9.97 Å². The van der Waals surface area contributed by atoms with Crippen LogP contribution in [0.3, 0.4) is 0 Å². The number of imidazole rings is 1. The van der Waals surface area contributed by atoms with Gasteiger partial charge in [0.15, 0.2) is 0 Å². The molecular weight excluding hydrogens is 328 g/mol. The average molecular weight is 346 g/mol. The van der Waals surface area contributed by atoms with Gasteiger partial charge in [0.1, 0.15) is 0 Å². The fraction of sp³-hybridized carbons (Fsp3) is 0.200. The molecule has 124 valence electrons. The summed E-state index contributed by atoms with van der Waals surface area (Å²) in [5, 5.41) is 0. The Morgan fingerprint density at radius 2 is 2.00 bits per heavy atom. The molecule has 1 aliphatic rings. The summed E-state index contributed by atoms with van der Waals surface area (Å²) in [6.45, 7) is 2.90. The van der Waals surface area contributed by atoms with E-state index in [-0.39, 0.29) is 0 Å². The van der Waals surface area contributed by atoms with Gasteiger partial charge < -0.3 is 9.47 Å². The minimum absolute atomic E-state index is 0.830. The molecule has 0 atom stereocenters. The number of aromatic nitrogens is 3. The van der Waals surface area contributed by atoms with Crippen LogP contribution in [0.4, 0.5) is 5.69 Å². The van der Waals surface area contributed by atoms with E-state index < -0.39 is 0 Å². The van der Waals surface area contributed by atoms with Crippen LogP contribution < -0.4 is 4.90 Å². The average Bonchev–Trinajstić information content (AvgIpc) is 3.29. The Morgan fingerprint density at radius 1 is 1.00 bits per heavy atom. The molecule has 0 saturated heterocycles. The molecule has 0 saturated carbocycles. The molecule has 5 heteroatoms. The van der Waals surface area contributed by atoms with Crippen LogP contribution >= 0.6 is 11.3 Å². The fourth-order valence-corrected chi connectivity index (χ4v) is 4.19. The molecule has 2 aromatic heterocycles. The van der Waals surface area contributed by atoms with Crippen molar-refractivity contribution in [3.63, 3.8) is 0 Å². The summed E-state index contributed by atoms with van der Waals surface area (Å²) < 4.78 is 3.46. The largest absolute Gasteiger partial charge is 0.367 e. The van der Waals surface area contributed by atoms with Crippen molar-refractivity contribution in [1.29, 1.82) is 0 Å². The second-order valence-electron chi connectivity index (χ2n) is 6.41. The molecule has 0 spiro atoms. The topological polar surface area (TPSA) is 34.0 Å². The lowest BCUT2D eigenvalue weighted by molar-refractivity contribution is 0.820. The quantitative estimate of drug-likeness (QED) is 0.514. The van der Waals surface area contributed by atoms with Crippen LogP contribution in [0.25, 0.3) is 21.3 Å². The summed E-state index contributed by atoms with van der Waals surface area (Å²) in [5.74, 6) is 0. The first-order valence-electron chi connectivity index (χ1n) is 8.54. The number of fused-ring (bicyclic) bond motifs is 2. The van der Waals surface area contributed by atoms with Crippen LogP contribution in [0.2, 0.25) is 0 Å². The first-order chi connectivity index (χ1) is 12.4. The summed E-state index contributed by atoms with van der Waals surface area (Å²) >= 11 is 1.69. The maximum Gasteiger partial charge on any atom is 0.0961 e. The number of thiazole rings is 1. The minimum Gasteiger partial charge on any atom is -0.367 e. The zero-order valence-electron chi connectivity index (χ0n) is 13.8. The fourth-order valence-electron chi connectivity index (χ4n) is 3.45. The third kappa shape index (κ3) is 2.70. The van der Waals surface area contributed by atoms with Crippen molar-refractivity contribution in [1.82, 2.24) is 14.5 Å². The molecule has 1 aliphatic heterocycles. The molecule has 0 amide bonds. The summed E-state index contributed by atoms with van der Waals surface area (Å²) in [4.78, 5) is 11.4. The molecule has 0 N–H and O–H groups in total. The Labute approximate surface area is 150 Å². The van der Waals surface area contributed by atoms with E-state index in [1.54, 1.807) is 11.3 Å². The van der Waals surface area contributed by atoms with Gasteiger partial charge in [-0.05, 0) is 42.3 Å². The van der Waals surface area contributed by atoms with Crippen LogP contribution in [-0.2, 0) is 6.54 Å². The van der Waals surface area contributed by atoms with Gasteiger partial charge in [-0.15, -0.1) is 11.3 Å². The van der Waals surface area contributed by atoms with E-state index in [1.165, 1.54) is 21.5 Å². The molecule has 0 fully saturated rings. The van der Waals surface area contributed by atoms with Crippen molar-refractivity contribution in [2.75, 3.05) is 18.0 Å². The highest BCUT2D eigenvalue weighted by atomic mass is 32.1. The number of rotatable bonds is 3. The van der Waals surface area contributed by atoms with Gasteiger partial charge >= 0.3 is 0 Å². The van der Waals surface area contributed by atoms with Gasteiger partial charge in [0, 0.05) is 25.3 Å². The molecule has 0 bridgehead atoms. The van der Waals surface area contributed by atoms with E-state index in [9.17, 15) is 0 Å². The molecule has 3 heterocycles. The van der Waals surface area contributed by atoms with Crippen molar-refractivity contribution < 1.29 is 0 Å². The van der Waals surface area contributed by atoms with E-state index in [0.29, 0.717) is 0 Å². The second kappa shape index (κ2) is 6.01. The van der Waals surface area contributed by atoms with Crippen LogP contribution in [0.15, 0.2) is 60.4 Å². The molecule has 0 aliphatic carbocycles. The van der Waals surface area contributed by atoms with Gasteiger partial charge in [-0.1, -0.05) is 18.2 Å². The first-order valence-corrected chi connectivity index (χ1v) is 9.42. The van der Waals surface area contributed by atoms with Crippen LogP contribution in [0, 0.1) is 0 Å². The summed E-state index contributed by atoms with van der Waals surface area (Å²) in [7, 11) is 0. The van der Waals surface area contributed by atoms with Gasteiger partial charge in [-0.3, -0.25) is 0 Å². The predicted molar refractivity (Wildman–Crippen MR) is 104 cm³/mol. The van der Waals surface area contributed by atoms with E-state index in [2.05, 4.69) is 68.0 Å². The lowest BCUT2D eigenvalue weighted by Gasteiger charge is -2.25. The summed E-state index contributed by atoms with van der Waals surface area (Å²) in [6.07, 6.45) is 7.56. The maximum absolute atomic E-state index is 4.63. The van der Waals surface area contributed by atoms with E-state index in [0.717, 1.165) is 37.1 Å². The smallest absolute Gasteiger partial charge is 0.0961 e. The molecule has 4 aromatic rings. The lowest BCUT2D eigenvalue weighted by atomic mass is 10.2. The number of nitrogens with zero attached hydrogens (tertiary/aromatic N) is 4. The third-order valence-electron chi connectivity index (χ3n) is 4.78. The minimum atomic E-state index is 0.830. The van der Waals surface area contributed by atoms with E-state index in [1.807, 2.05) is 11.8 Å². The highest BCUT2D eigenvalue weighted by molar-refractivity contribution is 7.16. The summed E-state index contributed by atoms with van der Waals surface area (Å²) in [6, 6.07) is 13.1. The van der Waals surface area contributed by atoms with Gasteiger partial charge in [0.25, 0.3) is 0 Å². The van der Waals surface area contributed by atoms with Crippen molar-refractivity contribution in [3.05, 3.63) is 66.0 Å². The van der Waals surface area contributed by atoms with E-state index >= 15 is 0 Å². The number of anilines is 1. The van der Waals surface area contributed by atoms with Gasteiger partial charge in [0.05, 0.1) is 33.1 Å². The second-order valence-corrected chi connectivity index (χ2v) is 7.29. The highest BCUT2D eigenvalue weighted by Gasteiger charge is 2.10. The van der Waals surface area contributed by atoms with Crippen molar-refractivity contribution in [2.24, 2.45) is 0 Å². The van der Waals surface area contributed by atoms with Crippen molar-refractivity contribution in [2.45, 2.75) is 13.0 Å². The van der Waals surface area contributed by atoms with Crippen molar-refractivity contribution >= 4 is 38.3 Å². The lowest BCUT2D eigenvalue weighted by Crippen LogP contribution is -2.26.